The number of benzene rings is 2. The Balaban J connectivity index is 1.63. The van der Waals surface area contributed by atoms with E-state index >= 15 is 0 Å². The van der Waals surface area contributed by atoms with Crippen LogP contribution in [0.15, 0.2) is 42.5 Å². The Bertz CT molecular complexity index is 1160. The van der Waals surface area contributed by atoms with E-state index in [1.165, 1.54) is 30.3 Å². The number of carbonyl (C=O) groups excluding carboxylic acids is 2. The molecule has 0 aromatic heterocycles. The van der Waals surface area contributed by atoms with Gasteiger partial charge in [-0.15, -0.1) is 0 Å². The highest BCUT2D eigenvalue weighted by Crippen LogP contribution is 2.24. The molecule has 2 aromatic carbocycles. The number of sulfonamides is 1. The molecule has 8 nitrogen and oxygen atoms in total. The van der Waals surface area contributed by atoms with Crippen LogP contribution in [0.3, 0.4) is 0 Å². The van der Waals surface area contributed by atoms with Crippen LogP contribution in [0.2, 0.25) is 5.02 Å². The Labute approximate surface area is 203 Å². The second-order valence-corrected chi connectivity index (χ2v) is 10.6. The lowest BCUT2D eigenvalue weighted by Gasteiger charge is -2.44. The second kappa shape index (κ2) is 10.7. The van der Waals surface area contributed by atoms with E-state index in [-0.39, 0.29) is 46.8 Å². The van der Waals surface area contributed by atoms with E-state index in [1.807, 2.05) is 18.6 Å². The minimum atomic E-state index is -3.79. The van der Waals surface area contributed by atoms with Crippen LogP contribution in [0.1, 0.15) is 29.8 Å². The molecule has 1 saturated heterocycles. The first kappa shape index (κ1) is 25.9. The van der Waals surface area contributed by atoms with Gasteiger partial charge in [-0.3, -0.25) is 14.5 Å². The van der Waals surface area contributed by atoms with Gasteiger partial charge in [0, 0.05) is 36.7 Å². The maximum Gasteiger partial charge on any atom is 0.268 e. The monoisotopic (exact) mass is 511 g/mol. The topological polar surface area (TPSA) is 96.0 Å². The van der Waals surface area contributed by atoms with Crippen molar-refractivity contribution in [2.24, 2.45) is 0 Å². The van der Waals surface area contributed by atoms with Crippen molar-refractivity contribution >= 4 is 33.4 Å². The van der Waals surface area contributed by atoms with Crippen molar-refractivity contribution in [3.05, 3.63) is 64.4 Å². The third kappa shape index (κ3) is 6.91. The summed E-state index contributed by atoms with van der Waals surface area (Å²) in [5, 5.41) is 0.219. The van der Waals surface area contributed by atoms with E-state index in [1.54, 1.807) is 17.0 Å². The van der Waals surface area contributed by atoms with Gasteiger partial charge < -0.3 is 9.64 Å². The van der Waals surface area contributed by atoms with E-state index in [9.17, 15) is 22.4 Å². The average Bonchev–Trinajstić information content (AvgIpc) is 2.75. The van der Waals surface area contributed by atoms with Crippen molar-refractivity contribution in [2.75, 3.05) is 26.0 Å². The lowest BCUT2D eigenvalue weighted by atomic mass is 10.1. The predicted octanol–water partition coefficient (Wildman–Crippen LogP) is 2.67. The molecule has 0 radical (unpaired) electrons. The molecule has 1 aliphatic heterocycles. The molecular formula is C23H27ClFN3O5S. The quantitative estimate of drug-likeness (QED) is 0.614. The standard InChI is InChI=1S/C23H27ClFN3O5S/c1-15-12-28(16(2)11-27(15)13-17-4-7-19(25)8-5-17)22(29)14-33-21-9-6-18(24)10-20(21)23(30)26-34(3,31)32/h4-10,15-16H,11-14H2,1-3H3,(H,26,30)/t15-,16+/m0/s1. The summed E-state index contributed by atoms with van der Waals surface area (Å²) in [4.78, 5) is 29.2. The number of piperazine rings is 1. The van der Waals surface area contributed by atoms with Crippen LogP contribution in [0.25, 0.3) is 0 Å². The molecule has 1 aliphatic rings. The first-order valence-corrected chi connectivity index (χ1v) is 12.9. The fourth-order valence-corrected chi connectivity index (χ4v) is 4.46. The second-order valence-electron chi connectivity index (χ2n) is 8.43. The van der Waals surface area contributed by atoms with E-state index < -0.39 is 15.9 Å². The Hall–Kier alpha value is -2.69. The summed E-state index contributed by atoms with van der Waals surface area (Å²) < 4.78 is 43.5. The highest BCUT2D eigenvalue weighted by Gasteiger charge is 2.32. The molecule has 1 heterocycles. The summed E-state index contributed by atoms with van der Waals surface area (Å²) in [6.45, 7) is 5.39. The predicted molar refractivity (Wildman–Crippen MR) is 127 cm³/mol. The Kier molecular flexibility index (Phi) is 8.17. The molecule has 11 heteroatoms. The minimum Gasteiger partial charge on any atom is -0.483 e. The van der Waals surface area contributed by atoms with Gasteiger partial charge in [0.25, 0.3) is 11.8 Å². The van der Waals surface area contributed by atoms with Crippen LogP contribution in [-0.4, -0.2) is 68.1 Å². The first-order chi connectivity index (χ1) is 15.9. The zero-order chi connectivity index (χ0) is 25.0. The number of ether oxygens (including phenoxy) is 1. The van der Waals surface area contributed by atoms with Gasteiger partial charge in [-0.1, -0.05) is 23.7 Å². The molecule has 1 N–H and O–H groups in total. The summed E-state index contributed by atoms with van der Waals surface area (Å²) >= 11 is 5.95. The molecule has 184 valence electrons. The summed E-state index contributed by atoms with van der Waals surface area (Å²) in [6, 6.07) is 10.5. The van der Waals surface area contributed by atoms with Crippen LogP contribution in [-0.2, 0) is 21.4 Å². The molecular weight excluding hydrogens is 485 g/mol. The molecule has 0 unspecified atom stereocenters. The molecule has 0 bridgehead atoms. The highest BCUT2D eigenvalue weighted by molar-refractivity contribution is 7.89. The molecule has 34 heavy (non-hydrogen) atoms. The van der Waals surface area contributed by atoms with Crippen molar-refractivity contribution in [1.29, 1.82) is 0 Å². The number of rotatable bonds is 7. The highest BCUT2D eigenvalue weighted by atomic mass is 35.5. The maximum absolute atomic E-state index is 13.2. The van der Waals surface area contributed by atoms with E-state index in [4.69, 9.17) is 16.3 Å². The van der Waals surface area contributed by atoms with E-state index in [0.29, 0.717) is 19.6 Å². The fraction of sp³-hybridized carbons (Fsp3) is 0.391. The Morgan fingerprint density at radius 2 is 1.79 bits per heavy atom. The van der Waals surface area contributed by atoms with Gasteiger partial charge in [0.1, 0.15) is 11.6 Å². The average molecular weight is 512 g/mol. The first-order valence-electron chi connectivity index (χ1n) is 10.7. The Morgan fingerprint density at radius 1 is 1.12 bits per heavy atom. The van der Waals surface area contributed by atoms with Crippen molar-refractivity contribution < 1.29 is 27.1 Å². The van der Waals surface area contributed by atoms with Crippen LogP contribution in [0, 0.1) is 5.82 Å². The van der Waals surface area contributed by atoms with Gasteiger partial charge >= 0.3 is 0 Å². The van der Waals surface area contributed by atoms with Gasteiger partial charge in [0.05, 0.1) is 11.8 Å². The summed E-state index contributed by atoms with van der Waals surface area (Å²) in [6.07, 6.45) is 0.859. The van der Waals surface area contributed by atoms with Crippen molar-refractivity contribution in [3.8, 4) is 5.75 Å². The smallest absolute Gasteiger partial charge is 0.268 e. The third-order valence-corrected chi connectivity index (χ3v) is 6.34. The summed E-state index contributed by atoms with van der Waals surface area (Å²) in [7, 11) is -3.79. The molecule has 2 amide bonds. The number of hydrogen-bond acceptors (Lipinski definition) is 6. The zero-order valence-electron chi connectivity index (χ0n) is 19.1. The largest absolute Gasteiger partial charge is 0.483 e. The summed E-state index contributed by atoms with van der Waals surface area (Å²) in [5.74, 6) is -1.39. The van der Waals surface area contributed by atoms with Gasteiger partial charge in [0.15, 0.2) is 6.61 Å². The molecule has 0 spiro atoms. The fourth-order valence-electron chi connectivity index (χ4n) is 3.84. The number of nitrogens with one attached hydrogen (secondary N) is 1. The minimum absolute atomic E-state index is 0.0505. The maximum atomic E-state index is 13.2. The van der Waals surface area contributed by atoms with E-state index in [0.717, 1.165) is 11.8 Å². The Morgan fingerprint density at radius 3 is 2.44 bits per heavy atom. The van der Waals surface area contributed by atoms with Crippen molar-refractivity contribution in [3.63, 3.8) is 0 Å². The number of hydrogen-bond donors (Lipinski definition) is 1. The van der Waals surface area contributed by atoms with Crippen LogP contribution >= 0.6 is 11.6 Å². The number of carbonyl (C=O) groups is 2. The number of amides is 2. The van der Waals surface area contributed by atoms with E-state index in [2.05, 4.69) is 4.90 Å². The normalized spacial score (nSPS) is 19.0. The lowest BCUT2D eigenvalue weighted by Crippen LogP contribution is -2.58. The molecule has 0 saturated carbocycles. The molecule has 2 aromatic rings. The lowest BCUT2D eigenvalue weighted by molar-refractivity contribution is -0.139. The van der Waals surface area contributed by atoms with Crippen molar-refractivity contribution in [2.45, 2.75) is 32.5 Å². The van der Waals surface area contributed by atoms with Gasteiger partial charge in [-0.05, 0) is 49.7 Å². The van der Waals surface area contributed by atoms with Gasteiger partial charge in [-0.25, -0.2) is 17.5 Å². The number of nitrogens with zero attached hydrogens (tertiary/aromatic N) is 2. The van der Waals surface area contributed by atoms with Crippen LogP contribution in [0.4, 0.5) is 4.39 Å². The SMILES string of the molecule is C[C@@H]1CN(Cc2ccc(F)cc2)[C@@H](C)CN1C(=O)COc1ccc(Cl)cc1C(=O)NS(C)(=O)=O. The molecule has 1 fully saturated rings. The summed E-state index contributed by atoms with van der Waals surface area (Å²) in [5.41, 5.74) is 0.905. The third-order valence-electron chi connectivity index (χ3n) is 5.55. The van der Waals surface area contributed by atoms with Gasteiger partial charge in [0.2, 0.25) is 10.0 Å². The number of halogens is 2. The van der Waals surface area contributed by atoms with Crippen LogP contribution < -0.4 is 9.46 Å². The van der Waals surface area contributed by atoms with Gasteiger partial charge in [-0.2, -0.15) is 0 Å². The molecule has 2 atom stereocenters. The molecule has 0 aliphatic carbocycles. The zero-order valence-corrected chi connectivity index (χ0v) is 20.7. The molecule has 3 rings (SSSR count). The van der Waals surface area contributed by atoms with Crippen LogP contribution in [0.5, 0.6) is 5.75 Å². The van der Waals surface area contributed by atoms with Crippen molar-refractivity contribution in [1.82, 2.24) is 14.5 Å².